The first-order chi connectivity index (χ1) is 13.0. The second kappa shape index (κ2) is 8.96. The Hall–Kier alpha value is -2.45. The van der Waals surface area contributed by atoms with Crippen molar-refractivity contribution in [1.82, 2.24) is 9.78 Å². The van der Waals surface area contributed by atoms with Crippen LogP contribution in [0.15, 0.2) is 59.2 Å². The molecule has 8 heteroatoms. The van der Waals surface area contributed by atoms with Gasteiger partial charge in [0.05, 0.1) is 23.3 Å². The number of benzene rings is 2. The molecule has 0 aliphatic heterocycles. The fourth-order valence-corrected chi connectivity index (χ4v) is 3.07. The number of thiocarbonyl (C=S) groups is 1. The molecule has 0 atom stereocenters. The lowest BCUT2D eigenvalue weighted by atomic mass is 10.2. The highest BCUT2D eigenvalue weighted by Gasteiger charge is 2.10. The standard InChI is InChI=1S/C19H18BrFN4OS/c1-2-26-17-6-4-3-5-16(17)22-19(27)23-18-15(20)12-25(24-18)11-13-7-9-14(21)10-8-13/h3-10,12H,2,11H2,1H3,(H2,22,23,24,27). The van der Waals surface area contributed by atoms with Crippen LogP contribution in [0.4, 0.5) is 15.9 Å². The molecule has 0 saturated heterocycles. The average molecular weight is 449 g/mol. The molecule has 0 radical (unpaired) electrons. The highest BCUT2D eigenvalue weighted by Crippen LogP contribution is 2.25. The van der Waals surface area contributed by atoms with E-state index in [1.54, 1.807) is 16.8 Å². The van der Waals surface area contributed by atoms with E-state index in [9.17, 15) is 4.39 Å². The number of nitrogens with zero attached hydrogens (tertiary/aromatic N) is 2. The maximum absolute atomic E-state index is 13.0. The van der Waals surface area contributed by atoms with Crippen molar-refractivity contribution in [2.24, 2.45) is 0 Å². The molecule has 1 heterocycles. The molecule has 0 aliphatic rings. The van der Waals surface area contributed by atoms with Gasteiger partial charge in [-0.2, -0.15) is 5.10 Å². The largest absolute Gasteiger partial charge is 0.492 e. The molecule has 5 nitrogen and oxygen atoms in total. The highest BCUT2D eigenvalue weighted by molar-refractivity contribution is 9.10. The van der Waals surface area contributed by atoms with E-state index < -0.39 is 0 Å². The van der Waals surface area contributed by atoms with Gasteiger partial charge in [0, 0.05) is 6.20 Å². The van der Waals surface area contributed by atoms with Gasteiger partial charge in [-0.25, -0.2) is 4.39 Å². The Balaban J connectivity index is 1.66. The van der Waals surface area contributed by atoms with E-state index in [0.29, 0.717) is 24.1 Å². The minimum atomic E-state index is -0.258. The van der Waals surface area contributed by atoms with Crippen LogP contribution in [0.3, 0.4) is 0 Å². The van der Waals surface area contributed by atoms with Gasteiger partial charge >= 0.3 is 0 Å². The second-order valence-electron chi connectivity index (χ2n) is 5.66. The van der Waals surface area contributed by atoms with Crippen LogP contribution in [0.2, 0.25) is 0 Å². The molecule has 140 valence electrons. The number of hydrogen-bond acceptors (Lipinski definition) is 3. The summed E-state index contributed by atoms with van der Waals surface area (Å²) in [4.78, 5) is 0. The minimum Gasteiger partial charge on any atom is -0.492 e. The summed E-state index contributed by atoms with van der Waals surface area (Å²) in [6.45, 7) is 3.02. The van der Waals surface area contributed by atoms with Crippen LogP contribution in [0.25, 0.3) is 0 Å². The Morgan fingerprint density at radius 1 is 1.19 bits per heavy atom. The smallest absolute Gasteiger partial charge is 0.176 e. The van der Waals surface area contributed by atoms with Crippen molar-refractivity contribution in [3.63, 3.8) is 0 Å². The van der Waals surface area contributed by atoms with Gasteiger partial charge in [-0.3, -0.25) is 4.68 Å². The van der Waals surface area contributed by atoms with Crippen LogP contribution in [0.1, 0.15) is 12.5 Å². The number of hydrogen-bond donors (Lipinski definition) is 2. The van der Waals surface area contributed by atoms with Crippen molar-refractivity contribution in [2.45, 2.75) is 13.5 Å². The Morgan fingerprint density at radius 3 is 2.67 bits per heavy atom. The van der Waals surface area contributed by atoms with Crippen molar-refractivity contribution < 1.29 is 9.13 Å². The van der Waals surface area contributed by atoms with E-state index in [1.165, 1.54) is 12.1 Å². The van der Waals surface area contributed by atoms with Gasteiger partial charge in [0.2, 0.25) is 0 Å². The topological polar surface area (TPSA) is 51.1 Å². The summed E-state index contributed by atoms with van der Waals surface area (Å²) in [7, 11) is 0. The molecule has 0 bridgehead atoms. The summed E-state index contributed by atoms with van der Waals surface area (Å²) in [5, 5.41) is 11.1. The molecule has 0 amide bonds. The van der Waals surface area contributed by atoms with E-state index >= 15 is 0 Å². The zero-order valence-corrected chi connectivity index (χ0v) is 17.0. The zero-order valence-electron chi connectivity index (χ0n) is 14.6. The maximum atomic E-state index is 13.0. The van der Waals surface area contributed by atoms with E-state index in [-0.39, 0.29) is 5.82 Å². The summed E-state index contributed by atoms with van der Waals surface area (Å²) >= 11 is 8.86. The first-order valence-electron chi connectivity index (χ1n) is 8.32. The van der Waals surface area contributed by atoms with Crippen LogP contribution >= 0.6 is 28.1 Å². The first-order valence-corrected chi connectivity index (χ1v) is 9.52. The molecule has 27 heavy (non-hydrogen) atoms. The number of para-hydroxylation sites is 2. The van der Waals surface area contributed by atoms with Crippen LogP contribution in [-0.2, 0) is 6.54 Å². The van der Waals surface area contributed by atoms with Crippen molar-refractivity contribution in [1.29, 1.82) is 0 Å². The average Bonchev–Trinajstić information content (AvgIpc) is 2.98. The van der Waals surface area contributed by atoms with E-state index in [2.05, 4.69) is 31.7 Å². The molecule has 0 fully saturated rings. The predicted octanol–water partition coefficient (Wildman–Crippen LogP) is 5.04. The Morgan fingerprint density at radius 2 is 1.93 bits per heavy atom. The van der Waals surface area contributed by atoms with Gasteiger partial charge in [-0.15, -0.1) is 0 Å². The Labute approximate surface area is 170 Å². The van der Waals surface area contributed by atoms with Crippen molar-refractivity contribution in [3.8, 4) is 5.75 Å². The SMILES string of the molecule is CCOc1ccccc1NC(=S)Nc1nn(Cc2ccc(F)cc2)cc1Br. The van der Waals surface area contributed by atoms with Crippen molar-refractivity contribution >= 4 is 44.8 Å². The molecule has 2 aromatic carbocycles. The molecule has 3 rings (SSSR count). The maximum Gasteiger partial charge on any atom is 0.176 e. The van der Waals surface area contributed by atoms with Crippen molar-refractivity contribution in [3.05, 3.63) is 70.6 Å². The number of rotatable bonds is 6. The lowest BCUT2D eigenvalue weighted by Gasteiger charge is -2.13. The van der Waals surface area contributed by atoms with Gasteiger partial charge in [-0.1, -0.05) is 24.3 Å². The number of ether oxygens (including phenoxy) is 1. The first kappa shape index (κ1) is 19.3. The number of anilines is 2. The normalized spacial score (nSPS) is 10.5. The van der Waals surface area contributed by atoms with E-state index in [0.717, 1.165) is 21.5 Å². The summed E-state index contributed by atoms with van der Waals surface area (Å²) in [5.41, 5.74) is 1.73. The number of halogens is 2. The summed E-state index contributed by atoms with van der Waals surface area (Å²) in [5.74, 6) is 1.06. The van der Waals surface area contributed by atoms with E-state index in [4.69, 9.17) is 17.0 Å². The number of nitrogens with one attached hydrogen (secondary N) is 2. The molecular weight excluding hydrogens is 431 g/mol. The third-order valence-electron chi connectivity index (χ3n) is 3.64. The summed E-state index contributed by atoms with van der Waals surface area (Å²) < 4.78 is 21.1. The quantitative estimate of drug-likeness (QED) is 0.517. The number of aromatic nitrogens is 2. The highest BCUT2D eigenvalue weighted by atomic mass is 79.9. The van der Waals surface area contributed by atoms with Gasteiger partial charge in [0.15, 0.2) is 10.9 Å². The molecule has 2 N–H and O–H groups in total. The molecule has 1 aromatic heterocycles. The minimum absolute atomic E-state index is 0.258. The van der Waals surface area contributed by atoms with Crippen molar-refractivity contribution in [2.75, 3.05) is 17.2 Å². The summed E-state index contributed by atoms with van der Waals surface area (Å²) in [6.07, 6.45) is 1.84. The monoisotopic (exact) mass is 448 g/mol. The Bertz CT molecular complexity index is 930. The Kier molecular flexibility index (Phi) is 6.41. The van der Waals surface area contributed by atoms with Gasteiger partial charge in [0.1, 0.15) is 11.6 Å². The van der Waals surface area contributed by atoms with E-state index in [1.807, 2.05) is 37.4 Å². The van der Waals surface area contributed by atoms with Crippen LogP contribution in [-0.4, -0.2) is 21.5 Å². The van der Waals surface area contributed by atoms with Gasteiger partial charge in [0.25, 0.3) is 0 Å². The zero-order chi connectivity index (χ0) is 19.2. The van der Waals surface area contributed by atoms with Crippen LogP contribution < -0.4 is 15.4 Å². The molecule has 0 unspecified atom stereocenters. The predicted molar refractivity (Wildman–Crippen MR) is 113 cm³/mol. The van der Waals surface area contributed by atoms with Gasteiger partial charge < -0.3 is 15.4 Å². The summed E-state index contributed by atoms with van der Waals surface area (Å²) in [6, 6.07) is 13.9. The molecule has 0 spiro atoms. The molecule has 0 aliphatic carbocycles. The fraction of sp³-hybridized carbons (Fsp3) is 0.158. The lowest BCUT2D eigenvalue weighted by molar-refractivity contribution is 0.342. The molecular formula is C19H18BrFN4OS. The lowest BCUT2D eigenvalue weighted by Crippen LogP contribution is -2.20. The molecule has 3 aromatic rings. The van der Waals surface area contributed by atoms with Crippen LogP contribution in [0, 0.1) is 5.82 Å². The fourth-order valence-electron chi connectivity index (χ4n) is 2.45. The second-order valence-corrected chi connectivity index (χ2v) is 6.92. The third kappa shape index (κ3) is 5.27. The van der Waals surface area contributed by atoms with Crippen LogP contribution in [0.5, 0.6) is 5.75 Å². The molecule has 0 saturated carbocycles. The third-order valence-corrected chi connectivity index (χ3v) is 4.43. The van der Waals surface area contributed by atoms with Gasteiger partial charge in [-0.05, 0) is 64.9 Å².